The van der Waals surface area contributed by atoms with Crippen LogP contribution in [0.4, 0.5) is 0 Å². The van der Waals surface area contributed by atoms with Crippen LogP contribution in [0.1, 0.15) is 27.7 Å². The van der Waals surface area contributed by atoms with Gasteiger partial charge in [-0.3, -0.25) is 9.80 Å². The van der Waals surface area contributed by atoms with Crippen molar-refractivity contribution >= 4 is 0 Å². The van der Waals surface area contributed by atoms with Crippen LogP contribution >= 0.6 is 0 Å². The van der Waals surface area contributed by atoms with Crippen LogP contribution in [0.25, 0.3) is 0 Å². The molecule has 12 heavy (non-hydrogen) atoms. The molecule has 0 N–H and O–H groups in total. The van der Waals surface area contributed by atoms with Crippen LogP contribution in [0.15, 0.2) is 0 Å². The summed E-state index contributed by atoms with van der Waals surface area (Å²) in [4.78, 5) is 4.93. The van der Waals surface area contributed by atoms with E-state index in [4.69, 9.17) is 0 Å². The van der Waals surface area contributed by atoms with Crippen LogP contribution in [-0.2, 0) is 0 Å². The molecular weight excluding hydrogens is 148 g/mol. The summed E-state index contributed by atoms with van der Waals surface area (Å²) >= 11 is 0. The van der Waals surface area contributed by atoms with Crippen molar-refractivity contribution in [2.75, 3.05) is 14.1 Å². The van der Waals surface area contributed by atoms with Gasteiger partial charge in [0.1, 0.15) is 0 Å². The first-order chi connectivity index (χ1) is 5.46. The molecule has 0 aliphatic carbocycles. The van der Waals surface area contributed by atoms with Crippen molar-refractivity contribution in [2.24, 2.45) is 5.92 Å². The summed E-state index contributed by atoms with van der Waals surface area (Å²) < 4.78 is 0. The summed E-state index contributed by atoms with van der Waals surface area (Å²) in [6.45, 7) is 9.22. The molecule has 1 heterocycles. The molecular formula is C10H22N2. The molecule has 0 amide bonds. The van der Waals surface area contributed by atoms with Crippen LogP contribution in [-0.4, -0.2) is 42.1 Å². The van der Waals surface area contributed by atoms with Crippen LogP contribution in [0.5, 0.6) is 0 Å². The van der Waals surface area contributed by atoms with E-state index >= 15 is 0 Å². The van der Waals surface area contributed by atoms with Crippen LogP contribution in [0.2, 0.25) is 0 Å². The van der Waals surface area contributed by atoms with Gasteiger partial charge in [0, 0.05) is 12.1 Å². The van der Waals surface area contributed by atoms with Gasteiger partial charge in [-0.05, 0) is 33.9 Å². The first-order valence-corrected chi connectivity index (χ1v) is 4.90. The molecule has 0 aromatic heterocycles. The second-order valence-electron chi connectivity index (χ2n) is 4.44. The maximum atomic E-state index is 2.48. The molecule has 1 saturated heterocycles. The third-order valence-corrected chi connectivity index (χ3v) is 3.47. The van der Waals surface area contributed by atoms with Gasteiger partial charge in [0.25, 0.3) is 0 Å². The molecule has 0 bridgehead atoms. The summed E-state index contributed by atoms with van der Waals surface area (Å²) in [6, 6.07) is 1.40. The van der Waals surface area contributed by atoms with Gasteiger partial charge in [-0.25, -0.2) is 0 Å². The largest absolute Gasteiger partial charge is 0.287 e. The molecule has 0 spiro atoms. The minimum atomic E-state index is 0.590. The Labute approximate surface area is 76.5 Å². The van der Waals surface area contributed by atoms with Crippen molar-refractivity contribution in [2.45, 2.75) is 45.9 Å². The number of hydrogen-bond acceptors (Lipinski definition) is 2. The monoisotopic (exact) mass is 170 g/mol. The van der Waals surface area contributed by atoms with E-state index in [9.17, 15) is 0 Å². The predicted octanol–water partition coefficient (Wildman–Crippen LogP) is 1.62. The average molecular weight is 170 g/mol. The zero-order chi connectivity index (χ0) is 9.46. The normalized spacial score (nSPS) is 39.8. The Kier molecular flexibility index (Phi) is 2.79. The zero-order valence-corrected chi connectivity index (χ0v) is 9.20. The first kappa shape index (κ1) is 10.0. The molecule has 2 heteroatoms. The van der Waals surface area contributed by atoms with Gasteiger partial charge in [0.2, 0.25) is 0 Å². The fourth-order valence-corrected chi connectivity index (χ4v) is 2.49. The highest BCUT2D eigenvalue weighted by Crippen LogP contribution is 2.27. The van der Waals surface area contributed by atoms with Crippen molar-refractivity contribution in [3.8, 4) is 0 Å². The van der Waals surface area contributed by atoms with E-state index in [0.29, 0.717) is 18.2 Å². The number of hydrogen-bond donors (Lipinski definition) is 0. The molecule has 2 nitrogen and oxygen atoms in total. The van der Waals surface area contributed by atoms with Gasteiger partial charge >= 0.3 is 0 Å². The van der Waals surface area contributed by atoms with E-state index in [1.54, 1.807) is 0 Å². The average Bonchev–Trinajstić information content (AvgIpc) is 2.16. The number of likely N-dealkylation sites (N-methyl/N-ethyl adjacent to an activating group) is 2. The van der Waals surface area contributed by atoms with E-state index in [1.807, 2.05) is 0 Å². The van der Waals surface area contributed by atoms with Crippen molar-refractivity contribution in [3.05, 3.63) is 0 Å². The molecule has 0 saturated carbocycles. The fourth-order valence-electron chi connectivity index (χ4n) is 2.49. The molecule has 0 aromatic rings. The zero-order valence-electron chi connectivity index (χ0n) is 9.20. The smallest absolute Gasteiger partial charge is 0.0594 e. The lowest BCUT2D eigenvalue weighted by Crippen LogP contribution is -2.37. The Morgan fingerprint density at radius 2 is 1.50 bits per heavy atom. The van der Waals surface area contributed by atoms with E-state index in [-0.39, 0.29) is 0 Å². The third kappa shape index (κ3) is 1.38. The molecule has 1 fully saturated rings. The quantitative estimate of drug-likeness (QED) is 0.590. The summed E-state index contributed by atoms with van der Waals surface area (Å²) in [5, 5.41) is 0. The van der Waals surface area contributed by atoms with Crippen LogP contribution < -0.4 is 0 Å². The highest BCUT2D eigenvalue weighted by molar-refractivity contribution is 4.92. The molecule has 1 aliphatic heterocycles. The SMILES string of the molecule is CC(C)C1C(C)N(C)C(C)N1C. The molecule has 3 unspecified atom stereocenters. The van der Waals surface area contributed by atoms with Gasteiger partial charge in [-0.1, -0.05) is 13.8 Å². The first-order valence-electron chi connectivity index (χ1n) is 4.90. The van der Waals surface area contributed by atoms with Gasteiger partial charge in [-0.2, -0.15) is 0 Å². The second kappa shape index (κ2) is 3.35. The van der Waals surface area contributed by atoms with Gasteiger partial charge in [0.15, 0.2) is 0 Å². The molecule has 1 aliphatic rings. The number of rotatable bonds is 1. The third-order valence-electron chi connectivity index (χ3n) is 3.47. The van der Waals surface area contributed by atoms with Crippen molar-refractivity contribution in [1.82, 2.24) is 9.80 Å². The van der Waals surface area contributed by atoms with Crippen molar-refractivity contribution < 1.29 is 0 Å². The van der Waals surface area contributed by atoms with Gasteiger partial charge < -0.3 is 0 Å². The second-order valence-corrected chi connectivity index (χ2v) is 4.44. The van der Waals surface area contributed by atoms with Crippen LogP contribution in [0.3, 0.4) is 0 Å². The van der Waals surface area contributed by atoms with E-state index in [2.05, 4.69) is 51.6 Å². The Bertz CT molecular complexity index is 142. The fraction of sp³-hybridized carbons (Fsp3) is 1.00. The standard InChI is InChI=1S/C10H22N2/c1-7(2)10-8(3)11(5)9(4)12(10)6/h7-10H,1-6H3. The lowest BCUT2D eigenvalue weighted by Gasteiger charge is -2.26. The predicted molar refractivity (Wildman–Crippen MR) is 53.1 cm³/mol. The minimum absolute atomic E-state index is 0.590. The van der Waals surface area contributed by atoms with Crippen molar-refractivity contribution in [3.63, 3.8) is 0 Å². The van der Waals surface area contributed by atoms with Gasteiger partial charge in [0.05, 0.1) is 6.17 Å². The Hall–Kier alpha value is -0.0800. The minimum Gasteiger partial charge on any atom is -0.287 e. The summed E-state index contributed by atoms with van der Waals surface area (Å²) in [5.41, 5.74) is 0. The maximum absolute atomic E-state index is 2.48. The maximum Gasteiger partial charge on any atom is 0.0594 e. The van der Waals surface area contributed by atoms with Crippen LogP contribution in [0, 0.1) is 5.92 Å². The van der Waals surface area contributed by atoms with Crippen molar-refractivity contribution in [1.29, 1.82) is 0 Å². The molecule has 3 atom stereocenters. The Morgan fingerprint density at radius 1 is 1.00 bits per heavy atom. The van der Waals surface area contributed by atoms with E-state index < -0.39 is 0 Å². The molecule has 1 rings (SSSR count). The molecule has 0 radical (unpaired) electrons. The van der Waals surface area contributed by atoms with E-state index in [1.165, 1.54) is 0 Å². The molecule has 0 aromatic carbocycles. The highest BCUT2D eigenvalue weighted by Gasteiger charge is 2.39. The topological polar surface area (TPSA) is 6.48 Å². The highest BCUT2D eigenvalue weighted by atomic mass is 15.4. The van der Waals surface area contributed by atoms with Gasteiger partial charge in [-0.15, -0.1) is 0 Å². The summed E-state index contributed by atoms with van der Waals surface area (Å²) in [6.07, 6.45) is 0.590. The number of nitrogens with zero attached hydrogens (tertiary/aromatic N) is 2. The summed E-state index contributed by atoms with van der Waals surface area (Å²) in [7, 11) is 4.45. The Balaban J connectivity index is 2.76. The Morgan fingerprint density at radius 3 is 1.67 bits per heavy atom. The lowest BCUT2D eigenvalue weighted by atomic mass is 9.98. The molecule has 72 valence electrons. The van der Waals surface area contributed by atoms with E-state index in [0.717, 1.165) is 5.92 Å². The lowest BCUT2D eigenvalue weighted by molar-refractivity contribution is 0.170. The summed E-state index contributed by atoms with van der Waals surface area (Å²) in [5.74, 6) is 0.748.